The Morgan fingerprint density at radius 2 is 2.36 bits per heavy atom. The van der Waals surface area contributed by atoms with Crippen LogP contribution in [0.4, 0.5) is 0 Å². The third-order valence-electron chi connectivity index (χ3n) is 2.34. The summed E-state index contributed by atoms with van der Waals surface area (Å²) in [6.07, 6.45) is 2.90. The zero-order chi connectivity index (χ0) is 8.27. The summed E-state index contributed by atoms with van der Waals surface area (Å²) < 4.78 is 0. The molecule has 0 aromatic rings. The minimum atomic E-state index is -0.135. The molecule has 2 N–H and O–H groups in total. The number of carbonyl (C=O) groups excluding carboxylic acids is 1. The molecule has 0 amide bonds. The van der Waals surface area contributed by atoms with Crippen molar-refractivity contribution in [2.75, 3.05) is 6.61 Å². The number of nitrogens with one attached hydrogen (secondary N) is 1. The molecule has 64 valence electrons. The van der Waals surface area contributed by atoms with E-state index in [4.69, 9.17) is 5.11 Å². The van der Waals surface area contributed by atoms with E-state index in [9.17, 15) is 4.79 Å². The second-order valence-electron chi connectivity index (χ2n) is 3.25. The van der Waals surface area contributed by atoms with Crippen LogP contribution in [-0.2, 0) is 4.79 Å². The molecule has 0 radical (unpaired) electrons. The van der Waals surface area contributed by atoms with Crippen LogP contribution >= 0.6 is 0 Å². The topological polar surface area (TPSA) is 49.3 Å². The summed E-state index contributed by atoms with van der Waals surface area (Å²) in [6, 6.07) is 0.275. The maximum absolute atomic E-state index is 10.5. The quantitative estimate of drug-likeness (QED) is 0.552. The Labute approximate surface area is 66.8 Å². The van der Waals surface area contributed by atoms with Gasteiger partial charge in [0.15, 0.2) is 0 Å². The Kier molecular flexibility index (Phi) is 3.02. The van der Waals surface area contributed by atoms with Crippen molar-refractivity contribution in [3.63, 3.8) is 0 Å². The lowest BCUT2D eigenvalue weighted by molar-refractivity contribution is -0.112. The van der Waals surface area contributed by atoms with Crippen molar-refractivity contribution in [1.82, 2.24) is 5.32 Å². The number of carbonyl (C=O) groups is 1. The molecule has 0 bridgehead atoms. The molecule has 3 heteroatoms. The minimum Gasteiger partial charge on any atom is -0.396 e. The predicted molar refractivity (Wildman–Crippen MR) is 42.3 cm³/mol. The molecule has 1 rings (SSSR count). The molecule has 1 saturated heterocycles. The third-order valence-corrected chi connectivity index (χ3v) is 2.34. The first-order valence-electron chi connectivity index (χ1n) is 4.10. The van der Waals surface area contributed by atoms with Gasteiger partial charge in [-0.1, -0.05) is 0 Å². The van der Waals surface area contributed by atoms with Gasteiger partial charge in [0.1, 0.15) is 6.29 Å². The van der Waals surface area contributed by atoms with Gasteiger partial charge in [-0.3, -0.25) is 0 Å². The smallest absolute Gasteiger partial charge is 0.137 e. The van der Waals surface area contributed by atoms with Gasteiger partial charge in [-0.15, -0.1) is 0 Å². The number of hydrogen-bond acceptors (Lipinski definition) is 3. The molecule has 3 atom stereocenters. The molecule has 0 spiro atoms. The maximum atomic E-state index is 10.5. The van der Waals surface area contributed by atoms with Crippen LogP contribution in [-0.4, -0.2) is 30.1 Å². The Hall–Kier alpha value is -0.410. The first-order chi connectivity index (χ1) is 5.27. The lowest BCUT2D eigenvalue weighted by Gasteiger charge is -2.31. The molecule has 0 aliphatic carbocycles. The maximum Gasteiger partial charge on any atom is 0.137 e. The number of aliphatic hydroxyl groups is 1. The molecule has 0 aromatic carbocycles. The fourth-order valence-corrected chi connectivity index (χ4v) is 1.55. The second kappa shape index (κ2) is 3.83. The Morgan fingerprint density at radius 1 is 1.64 bits per heavy atom. The summed E-state index contributed by atoms with van der Waals surface area (Å²) in [4.78, 5) is 10.5. The van der Waals surface area contributed by atoms with Crippen molar-refractivity contribution in [2.24, 2.45) is 5.92 Å². The van der Waals surface area contributed by atoms with Crippen molar-refractivity contribution in [3.05, 3.63) is 0 Å². The van der Waals surface area contributed by atoms with Crippen LogP contribution in [0.15, 0.2) is 0 Å². The van der Waals surface area contributed by atoms with Crippen LogP contribution in [0, 0.1) is 5.92 Å². The third kappa shape index (κ3) is 2.01. The van der Waals surface area contributed by atoms with Crippen LogP contribution in [0.1, 0.15) is 19.8 Å². The molecule has 0 aromatic heterocycles. The van der Waals surface area contributed by atoms with Crippen LogP contribution in [0.3, 0.4) is 0 Å². The van der Waals surface area contributed by atoms with Crippen molar-refractivity contribution in [3.8, 4) is 0 Å². The predicted octanol–water partition coefficient (Wildman–Crippen LogP) is -0.0657. The van der Waals surface area contributed by atoms with Crippen molar-refractivity contribution in [2.45, 2.75) is 31.8 Å². The van der Waals surface area contributed by atoms with Crippen LogP contribution < -0.4 is 5.32 Å². The van der Waals surface area contributed by atoms with Gasteiger partial charge in [-0.2, -0.15) is 0 Å². The summed E-state index contributed by atoms with van der Waals surface area (Å²) in [5.41, 5.74) is 0. The average Bonchev–Trinajstić information content (AvgIpc) is 2.04. The highest BCUT2D eigenvalue weighted by Gasteiger charge is 2.26. The highest BCUT2D eigenvalue weighted by atomic mass is 16.3. The Balaban J connectivity index is 2.47. The molecule has 11 heavy (non-hydrogen) atoms. The van der Waals surface area contributed by atoms with Gasteiger partial charge in [-0.25, -0.2) is 0 Å². The van der Waals surface area contributed by atoms with E-state index < -0.39 is 0 Å². The zero-order valence-corrected chi connectivity index (χ0v) is 6.79. The number of aliphatic hydroxyl groups excluding tert-OH is 1. The summed E-state index contributed by atoms with van der Waals surface area (Å²) in [5, 5.41) is 12.0. The monoisotopic (exact) mass is 157 g/mol. The minimum absolute atomic E-state index is 0.114. The lowest BCUT2D eigenvalue weighted by atomic mass is 9.89. The molecule has 0 saturated carbocycles. The van der Waals surface area contributed by atoms with Gasteiger partial charge in [0.2, 0.25) is 0 Å². The molecule has 3 nitrogen and oxygen atoms in total. The highest BCUT2D eigenvalue weighted by Crippen LogP contribution is 2.17. The number of rotatable bonds is 2. The first-order valence-corrected chi connectivity index (χ1v) is 4.10. The molecule has 1 fully saturated rings. The van der Waals surface area contributed by atoms with Gasteiger partial charge >= 0.3 is 0 Å². The van der Waals surface area contributed by atoms with Gasteiger partial charge in [0.25, 0.3) is 0 Å². The molecule has 1 aliphatic rings. The summed E-state index contributed by atoms with van der Waals surface area (Å²) in [6.45, 7) is 2.17. The molecule has 1 heterocycles. The SMILES string of the molecule is C[C@@H]1CCC(CO)C(C=O)N1. The van der Waals surface area contributed by atoms with E-state index in [1.165, 1.54) is 0 Å². The molecular weight excluding hydrogens is 142 g/mol. The fraction of sp³-hybridized carbons (Fsp3) is 0.875. The molecular formula is C8H15NO2. The normalized spacial score (nSPS) is 38.5. The number of aldehydes is 1. The summed E-state index contributed by atoms with van der Waals surface area (Å²) in [5.74, 6) is 0.128. The standard InChI is InChI=1S/C8H15NO2/c1-6-2-3-7(4-10)8(5-11)9-6/h5-10H,2-4H2,1H3/t6-,7?,8?/m1/s1. The largest absolute Gasteiger partial charge is 0.396 e. The van der Waals surface area contributed by atoms with Crippen LogP contribution in [0.2, 0.25) is 0 Å². The highest BCUT2D eigenvalue weighted by molar-refractivity contribution is 5.58. The second-order valence-corrected chi connectivity index (χ2v) is 3.25. The van der Waals surface area contributed by atoms with Gasteiger partial charge in [-0.05, 0) is 19.8 Å². The van der Waals surface area contributed by atoms with E-state index in [2.05, 4.69) is 12.2 Å². The first kappa shape index (κ1) is 8.68. The van der Waals surface area contributed by atoms with E-state index in [0.717, 1.165) is 19.1 Å². The van der Waals surface area contributed by atoms with Gasteiger partial charge in [0, 0.05) is 18.6 Å². The average molecular weight is 157 g/mol. The van der Waals surface area contributed by atoms with E-state index in [0.29, 0.717) is 6.04 Å². The number of hydrogen-bond donors (Lipinski definition) is 2. The number of piperidine rings is 1. The molecule has 1 aliphatic heterocycles. The zero-order valence-electron chi connectivity index (χ0n) is 6.79. The lowest BCUT2D eigenvalue weighted by Crippen LogP contribution is -2.48. The Bertz CT molecular complexity index is 138. The van der Waals surface area contributed by atoms with Gasteiger partial charge in [0.05, 0.1) is 6.04 Å². The van der Waals surface area contributed by atoms with E-state index >= 15 is 0 Å². The van der Waals surface area contributed by atoms with E-state index in [1.807, 2.05) is 0 Å². The fourth-order valence-electron chi connectivity index (χ4n) is 1.55. The van der Waals surface area contributed by atoms with Crippen LogP contribution in [0.25, 0.3) is 0 Å². The summed E-state index contributed by atoms with van der Waals surface area (Å²) >= 11 is 0. The van der Waals surface area contributed by atoms with Gasteiger partial charge < -0.3 is 15.2 Å². The van der Waals surface area contributed by atoms with Crippen molar-refractivity contribution < 1.29 is 9.90 Å². The van der Waals surface area contributed by atoms with Crippen molar-refractivity contribution >= 4 is 6.29 Å². The molecule has 2 unspecified atom stereocenters. The van der Waals surface area contributed by atoms with Crippen molar-refractivity contribution in [1.29, 1.82) is 0 Å². The van der Waals surface area contributed by atoms with E-state index in [1.54, 1.807) is 0 Å². The Morgan fingerprint density at radius 3 is 2.91 bits per heavy atom. The summed E-state index contributed by atoms with van der Waals surface area (Å²) in [7, 11) is 0. The van der Waals surface area contributed by atoms with E-state index in [-0.39, 0.29) is 18.6 Å². The van der Waals surface area contributed by atoms with Crippen LogP contribution in [0.5, 0.6) is 0 Å².